The van der Waals surface area contributed by atoms with Gasteiger partial charge in [0, 0.05) is 11.2 Å². The zero-order valence-corrected chi connectivity index (χ0v) is 22.4. The summed E-state index contributed by atoms with van der Waals surface area (Å²) in [5.41, 5.74) is 0.423. The maximum absolute atomic E-state index is 13.6. The molecule has 13 heteroatoms. The van der Waals surface area contributed by atoms with Crippen molar-refractivity contribution in [1.82, 2.24) is 14.5 Å². The van der Waals surface area contributed by atoms with Crippen molar-refractivity contribution in [1.29, 1.82) is 0 Å². The van der Waals surface area contributed by atoms with E-state index >= 15 is 0 Å². The summed E-state index contributed by atoms with van der Waals surface area (Å²) in [6.45, 7) is 3.07. The van der Waals surface area contributed by atoms with E-state index in [0.29, 0.717) is 28.6 Å². The first kappa shape index (κ1) is 24.1. The van der Waals surface area contributed by atoms with E-state index < -0.39 is 32.1 Å². The number of anilines is 1. The molecule has 35 heavy (non-hydrogen) atoms. The molecule has 0 atom stereocenters. The van der Waals surface area contributed by atoms with Gasteiger partial charge in [0.25, 0.3) is 0 Å². The molecular weight excluding hydrogens is 607 g/mol. The minimum atomic E-state index is -3.74. The van der Waals surface area contributed by atoms with Crippen LogP contribution < -0.4 is 38.8 Å². The normalized spacial score (nSPS) is 16.1. The van der Waals surface area contributed by atoms with Gasteiger partial charge in [0.2, 0.25) is 0 Å². The Morgan fingerprint density at radius 3 is 2.57 bits per heavy atom. The number of carbonyl (C=O) groups excluding carboxylic acids is 2. The third-order valence-corrected chi connectivity index (χ3v) is 9.97. The Labute approximate surface area is 217 Å². The fourth-order valence-electron chi connectivity index (χ4n) is 3.95. The molecule has 10 nitrogen and oxygen atoms in total. The number of nitrogens with one attached hydrogen (secondary N) is 2. The van der Waals surface area contributed by atoms with Gasteiger partial charge in [0.15, 0.2) is 0 Å². The second kappa shape index (κ2) is 9.79. The number of amides is 3. The Balaban J connectivity index is 1.34. The molecule has 0 spiro atoms. The van der Waals surface area contributed by atoms with Crippen LogP contribution in [0.2, 0.25) is 0 Å². The number of urea groups is 1. The van der Waals surface area contributed by atoms with Gasteiger partial charge < -0.3 is 5.32 Å². The van der Waals surface area contributed by atoms with Crippen molar-refractivity contribution in [2.45, 2.75) is 11.8 Å². The SMILES string of the molecule is CCNC(=O)Nc1sc2ccccc2c1C(=O)N1CCN(S(=O)(=O)c2ccc3c(c2)O[I-]O3)CC1. The predicted octanol–water partition coefficient (Wildman–Crippen LogP) is -0.120. The molecule has 186 valence electrons. The van der Waals surface area contributed by atoms with Gasteiger partial charge in [-0.2, -0.15) is 0 Å². The number of piperazine rings is 1. The van der Waals surface area contributed by atoms with E-state index in [4.69, 9.17) is 6.13 Å². The molecule has 0 unspecified atom stereocenters. The summed E-state index contributed by atoms with van der Waals surface area (Å²) in [5, 5.41) is 6.70. The number of fused-ring (bicyclic) bond motifs is 2. The maximum atomic E-state index is 13.6. The number of halogens is 1. The number of thiophene rings is 1. The number of hydrogen-bond acceptors (Lipinski definition) is 7. The summed E-state index contributed by atoms with van der Waals surface area (Å²) >= 11 is 0.446. The monoisotopic (exact) mass is 629 g/mol. The Morgan fingerprint density at radius 1 is 1.06 bits per heavy atom. The molecule has 1 aromatic heterocycles. The van der Waals surface area contributed by atoms with Crippen molar-refractivity contribution in [3.63, 3.8) is 0 Å². The molecular formula is C22H22IN4O6S2-. The average molecular weight is 629 g/mol. The van der Waals surface area contributed by atoms with E-state index in [9.17, 15) is 18.0 Å². The molecule has 0 saturated carbocycles. The van der Waals surface area contributed by atoms with Crippen molar-refractivity contribution >= 4 is 48.4 Å². The first-order valence-corrected chi connectivity index (χ1v) is 14.9. The number of sulfonamides is 1. The van der Waals surface area contributed by atoms with Crippen molar-refractivity contribution < 1.29 is 46.2 Å². The Kier molecular flexibility index (Phi) is 6.74. The molecule has 0 aliphatic carbocycles. The van der Waals surface area contributed by atoms with Crippen LogP contribution in [0, 0.1) is 0 Å². The van der Waals surface area contributed by atoms with E-state index in [0.717, 1.165) is 10.1 Å². The van der Waals surface area contributed by atoms with Gasteiger partial charge in [-0.05, 0) is 13.0 Å². The van der Waals surface area contributed by atoms with Gasteiger partial charge in [0.05, 0.1) is 0 Å². The first-order chi connectivity index (χ1) is 16.9. The average Bonchev–Trinajstić information content (AvgIpc) is 3.47. The molecule has 2 aliphatic rings. The molecule has 5 rings (SSSR count). The quantitative estimate of drug-likeness (QED) is 0.381. The number of rotatable bonds is 5. The third kappa shape index (κ3) is 4.64. The predicted molar refractivity (Wildman–Crippen MR) is 127 cm³/mol. The second-order valence-electron chi connectivity index (χ2n) is 7.81. The number of carbonyl (C=O) groups is 2. The topological polar surface area (TPSA) is 117 Å². The molecule has 3 heterocycles. The van der Waals surface area contributed by atoms with Crippen LogP contribution in [0.1, 0.15) is 17.3 Å². The molecule has 2 N–H and O–H groups in total. The molecule has 3 amide bonds. The summed E-state index contributed by atoms with van der Waals surface area (Å²) in [6, 6.07) is 11.7. The van der Waals surface area contributed by atoms with E-state index in [1.807, 2.05) is 31.2 Å². The molecule has 1 fully saturated rings. The van der Waals surface area contributed by atoms with Crippen LogP contribution in [0.15, 0.2) is 47.4 Å². The fraction of sp³-hybridized carbons (Fsp3) is 0.273. The molecule has 1 saturated heterocycles. The second-order valence-corrected chi connectivity index (χ2v) is 12.0. The van der Waals surface area contributed by atoms with Crippen molar-refractivity contribution in [2.75, 3.05) is 38.0 Å². The third-order valence-electron chi connectivity index (χ3n) is 5.68. The van der Waals surface area contributed by atoms with Crippen LogP contribution in [0.3, 0.4) is 0 Å². The van der Waals surface area contributed by atoms with Crippen molar-refractivity contribution in [2.24, 2.45) is 0 Å². The van der Waals surface area contributed by atoms with Crippen molar-refractivity contribution in [3.8, 4) is 11.5 Å². The van der Waals surface area contributed by atoms with Gasteiger partial charge >= 0.3 is 149 Å². The van der Waals surface area contributed by atoms with Crippen LogP contribution in [-0.4, -0.2) is 62.3 Å². The van der Waals surface area contributed by atoms with Gasteiger partial charge in [-0.25, -0.2) is 4.79 Å². The summed E-state index contributed by atoms with van der Waals surface area (Å²) < 4.78 is 39.4. The van der Waals surface area contributed by atoms with Gasteiger partial charge in [-0.3, -0.25) is 5.32 Å². The fourth-order valence-corrected chi connectivity index (χ4v) is 7.66. The van der Waals surface area contributed by atoms with Crippen LogP contribution in [0.5, 0.6) is 11.5 Å². The summed E-state index contributed by atoms with van der Waals surface area (Å²) in [6.07, 6.45) is 0. The van der Waals surface area contributed by atoms with Gasteiger partial charge in [-0.15, -0.1) is 11.3 Å². The molecule has 2 aliphatic heterocycles. The molecule has 0 radical (unpaired) electrons. The van der Waals surface area contributed by atoms with Crippen LogP contribution in [0.4, 0.5) is 9.80 Å². The zero-order chi connectivity index (χ0) is 24.6. The minimum absolute atomic E-state index is 0.141. The Hall–Kier alpha value is -2.62. The van der Waals surface area contributed by atoms with Crippen LogP contribution in [0.25, 0.3) is 10.1 Å². The number of benzene rings is 2. The van der Waals surface area contributed by atoms with E-state index in [2.05, 4.69) is 10.6 Å². The van der Waals surface area contributed by atoms with Gasteiger partial charge in [-0.1, -0.05) is 18.2 Å². The van der Waals surface area contributed by atoms with Crippen LogP contribution >= 0.6 is 11.3 Å². The zero-order valence-electron chi connectivity index (χ0n) is 18.6. The standard InChI is InChI=1S/C22H22IN4O6S2/c1-2-24-22(29)25-20-19(15-5-3-4-6-18(15)34-20)21(28)26-9-11-27(12-10-26)35(30,31)14-7-8-16-17(13-14)33-23-32-16/h3-8,13H,2,9-12H2,1H3,(H2,24,25,29)/q-1. The van der Waals surface area contributed by atoms with E-state index in [1.165, 1.54) is 27.8 Å². The van der Waals surface area contributed by atoms with Crippen LogP contribution in [-0.2, 0) is 10.0 Å². The summed E-state index contributed by atoms with van der Waals surface area (Å²) in [4.78, 5) is 27.5. The number of nitrogens with zero attached hydrogens (tertiary/aromatic N) is 2. The Bertz CT molecular complexity index is 1400. The summed E-state index contributed by atoms with van der Waals surface area (Å²) in [5.74, 6) is 0.773. The Morgan fingerprint density at radius 2 is 1.80 bits per heavy atom. The molecule has 3 aromatic rings. The van der Waals surface area contributed by atoms with Gasteiger partial charge in [0.1, 0.15) is 0 Å². The van der Waals surface area contributed by atoms with Crippen molar-refractivity contribution in [3.05, 3.63) is 48.0 Å². The van der Waals surface area contributed by atoms with E-state index in [1.54, 1.807) is 11.0 Å². The molecule has 0 bridgehead atoms. The van der Waals surface area contributed by atoms with E-state index in [-0.39, 0.29) is 43.0 Å². The summed E-state index contributed by atoms with van der Waals surface area (Å²) in [7, 11) is -3.74. The number of hydrogen-bond donors (Lipinski definition) is 2. The molecule has 2 aromatic carbocycles. The first-order valence-electron chi connectivity index (χ1n) is 10.9.